The van der Waals surface area contributed by atoms with Crippen LogP contribution >= 0.6 is 0 Å². The molecule has 0 aliphatic carbocycles. The Morgan fingerprint density at radius 2 is 0.855 bits per heavy atom. The monoisotopic (exact) mass is 701 g/mol. The fourth-order valence-corrected chi connectivity index (χ4v) is 7.84. The van der Waals surface area contributed by atoms with Gasteiger partial charge in [0, 0.05) is 27.5 Å². The van der Waals surface area contributed by atoms with E-state index < -0.39 is 0 Å². The molecule has 0 N–H and O–H groups in total. The van der Waals surface area contributed by atoms with Gasteiger partial charge in [0.1, 0.15) is 11.2 Å². The molecule has 0 amide bonds. The van der Waals surface area contributed by atoms with Crippen LogP contribution in [-0.2, 0) is 0 Å². The SMILES string of the molecule is c1ccc(-c2cccc3cc(-c4nc(-c5ccc(-c6ccc7ccccc7c6)cc5)nc(-c5ccc6cc7c(cc6c5)oc5ccccc57)n4)ccc23)cc1. The van der Waals surface area contributed by atoms with Crippen LogP contribution in [0.3, 0.4) is 0 Å². The highest BCUT2D eigenvalue weighted by Gasteiger charge is 2.16. The minimum atomic E-state index is 0.614. The zero-order chi connectivity index (χ0) is 36.3. The van der Waals surface area contributed by atoms with Crippen LogP contribution in [0.1, 0.15) is 0 Å². The largest absolute Gasteiger partial charge is 0.456 e. The normalized spacial score (nSPS) is 11.6. The molecule has 0 saturated heterocycles. The highest BCUT2D eigenvalue weighted by molar-refractivity contribution is 6.10. The van der Waals surface area contributed by atoms with Crippen molar-refractivity contribution in [2.24, 2.45) is 0 Å². The lowest BCUT2D eigenvalue weighted by Crippen LogP contribution is -2.00. The molecule has 0 unspecified atom stereocenters. The molecule has 0 spiro atoms. The summed E-state index contributed by atoms with van der Waals surface area (Å²) in [6.45, 7) is 0. The van der Waals surface area contributed by atoms with E-state index in [0.717, 1.165) is 60.4 Å². The van der Waals surface area contributed by atoms with Crippen molar-refractivity contribution in [3.63, 3.8) is 0 Å². The average Bonchev–Trinajstić information content (AvgIpc) is 3.62. The standard InChI is InChI=1S/C51H31N3O/c1-2-10-34(11-3-1)43-15-8-13-39-28-41(25-26-44(39)43)51-53-49(35-20-17-33(18-21-35)37-22-19-32-9-4-5-12-36(32)27-37)52-50(54-51)40-24-23-38-30-46-45-14-6-7-16-47(45)55-48(46)31-42(38)29-40/h1-31H. The van der Waals surface area contributed by atoms with Gasteiger partial charge in [0.15, 0.2) is 17.5 Å². The van der Waals surface area contributed by atoms with Crippen molar-refractivity contribution in [2.75, 3.05) is 0 Å². The third-order valence-electron chi connectivity index (χ3n) is 10.7. The number of rotatable bonds is 5. The molecule has 2 aromatic heterocycles. The van der Waals surface area contributed by atoms with Gasteiger partial charge in [0.05, 0.1) is 0 Å². The number of benzene rings is 9. The summed E-state index contributed by atoms with van der Waals surface area (Å²) in [4.78, 5) is 15.4. The number of hydrogen-bond donors (Lipinski definition) is 0. The highest BCUT2D eigenvalue weighted by atomic mass is 16.3. The number of furan rings is 1. The van der Waals surface area contributed by atoms with Gasteiger partial charge < -0.3 is 4.42 Å². The molecule has 0 bridgehead atoms. The summed E-state index contributed by atoms with van der Waals surface area (Å²) in [5.41, 5.74) is 9.21. The lowest BCUT2D eigenvalue weighted by atomic mass is 9.97. The van der Waals surface area contributed by atoms with Crippen molar-refractivity contribution in [1.29, 1.82) is 0 Å². The summed E-state index contributed by atoms with van der Waals surface area (Å²) in [6.07, 6.45) is 0. The second-order valence-electron chi connectivity index (χ2n) is 14.1. The molecule has 9 aromatic carbocycles. The van der Waals surface area contributed by atoms with E-state index in [1.165, 1.54) is 32.8 Å². The second-order valence-corrected chi connectivity index (χ2v) is 14.1. The first-order chi connectivity index (χ1) is 27.2. The van der Waals surface area contributed by atoms with E-state index in [-0.39, 0.29) is 0 Å². The number of para-hydroxylation sites is 1. The van der Waals surface area contributed by atoms with Crippen molar-refractivity contribution in [1.82, 2.24) is 15.0 Å². The Morgan fingerprint density at radius 3 is 1.69 bits per heavy atom. The van der Waals surface area contributed by atoms with Gasteiger partial charge in [-0.15, -0.1) is 0 Å². The van der Waals surface area contributed by atoms with Crippen molar-refractivity contribution in [3.8, 4) is 56.4 Å². The summed E-state index contributed by atoms with van der Waals surface area (Å²) in [6, 6.07) is 66.0. The molecule has 4 nitrogen and oxygen atoms in total. The predicted octanol–water partition coefficient (Wildman–Crippen LogP) is 13.6. The van der Waals surface area contributed by atoms with E-state index in [0.29, 0.717) is 17.5 Å². The Morgan fingerprint density at radius 1 is 0.273 bits per heavy atom. The van der Waals surface area contributed by atoms with Crippen LogP contribution in [0.25, 0.3) is 111 Å². The fourth-order valence-electron chi connectivity index (χ4n) is 7.84. The van der Waals surface area contributed by atoms with Gasteiger partial charge in [-0.25, -0.2) is 15.0 Å². The van der Waals surface area contributed by atoms with Gasteiger partial charge in [0.25, 0.3) is 0 Å². The van der Waals surface area contributed by atoms with Gasteiger partial charge in [0.2, 0.25) is 0 Å². The Kier molecular flexibility index (Phi) is 7.14. The molecule has 4 heteroatoms. The highest BCUT2D eigenvalue weighted by Crippen LogP contribution is 2.36. The summed E-state index contributed by atoms with van der Waals surface area (Å²) in [5, 5.41) is 9.18. The van der Waals surface area contributed by atoms with E-state index in [1.807, 2.05) is 12.1 Å². The van der Waals surface area contributed by atoms with Gasteiger partial charge >= 0.3 is 0 Å². The predicted molar refractivity (Wildman–Crippen MR) is 227 cm³/mol. The quantitative estimate of drug-likeness (QED) is 0.179. The third-order valence-corrected chi connectivity index (χ3v) is 10.7. The number of fused-ring (bicyclic) bond motifs is 6. The molecule has 0 fully saturated rings. The summed E-state index contributed by atoms with van der Waals surface area (Å²) < 4.78 is 6.25. The van der Waals surface area contributed by atoms with E-state index in [2.05, 4.69) is 176 Å². The van der Waals surface area contributed by atoms with Crippen molar-refractivity contribution < 1.29 is 4.42 Å². The maximum atomic E-state index is 6.25. The molecule has 0 saturated carbocycles. The Balaban J connectivity index is 1.04. The van der Waals surface area contributed by atoms with Gasteiger partial charge in [-0.3, -0.25) is 0 Å². The molecule has 0 aliphatic rings. The fraction of sp³-hybridized carbons (Fsp3) is 0. The first-order valence-corrected chi connectivity index (χ1v) is 18.5. The van der Waals surface area contributed by atoms with Crippen molar-refractivity contribution in [2.45, 2.75) is 0 Å². The molecule has 0 aliphatic heterocycles. The van der Waals surface area contributed by atoms with Crippen LogP contribution in [0.5, 0.6) is 0 Å². The molecular formula is C51H31N3O. The van der Waals surface area contributed by atoms with Crippen LogP contribution in [0.4, 0.5) is 0 Å². The van der Waals surface area contributed by atoms with Crippen LogP contribution < -0.4 is 0 Å². The van der Waals surface area contributed by atoms with Crippen molar-refractivity contribution in [3.05, 3.63) is 188 Å². The van der Waals surface area contributed by atoms with E-state index in [1.54, 1.807) is 0 Å². The van der Waals surface area contributed by atoms with E-state index in [4.69, 9.17) is 19.4 Å². The Labute approximate surface area is 317 Å². The third kappa shape index (κ3) is 5.51. The van der Waals surface area contributed by atoms with E-state index >= 15 is 0 Å². The van der Waals surface area contributed by atoms with Crippen LogP contribution in [0.15, 0.2) is 192 Å². The molecular weight excluding hydrogens is 671 g/mol. The Bertz CT molecular complexity index is 3260. The maximum Gasteiger partial charge on any atom is 0.164 e. The summed E-state index contributed by atoms with van der Waals surface area (Å²) in [7, 11) is 0. The molecule has 11 aromatic rings. The van der Waals surface area contributed by atoms with E-state index in [9.17, 15) is 0 Å². The van der Waals surface area contributed by atoms with Crippen LogP contribution in [0.2, 0.25) is 0 Å². The lowest BCUT2D eigenvalue weighted by Gasteiger charge is -2.11. The second kappa shape index (κ2) is 12.6. The number of nitrogens with zero attached hydrogens (tertiary/aromatic N) is 3. The first kappa shape index (κ1) is 31.1. The van der Waals surface area contributed by atoms with Crippen molar-refractivity contribution >= 4 is 54.3 Å². The molecule has 55 heavy (non-hydrogen) atoms. The maximum absolute atomic E-state index is 6.25. The smallest absolute Gasteiger partial charge is 0.164 e. The molecule has 0 atom stereocenters. The van der Waals surface area contributed by atoms with Gasteiger partial charge in [-0.2, -0.15) is 0 Å². The van der Waals surface area contributed by atoms with Gasteiger partial charge in [-0.1, -0.05) is 152 Å². The minimum absolute atomic E-state index is 0.614. The molecule has 11 rings (SSSR count). The lowest BCUT2D eigenvalue weighted by molar-refractivity contribution is 0.669. The summed E-state index contributed by atoms with van der Waals surface area (Å²) in [5.74, 6) is 1.86. The van der Waals surface area contributed by atoms with Crippen LogP contribution in [-0.4, -0.2) is 15.0 Å². The first-order valence-electron chi connectivity index (χ1n) is 18.5. The molecule has 256 valence electrons. The molecule has 0 radical (unpaired) electrons. The summed E-state index contributed by atoms with van der Waals surface area (Å²) >= 11 is 0. The van der Waals surface area contributed by atoms with Gasteiger partial charge in [-0.05, 0) is 91.0 Å². The topological polar surface area (TPSA) is 51.8 Å². The number of aromatic nitrogens is 3. The zero-order valence-electron chi connectivity index (χ0n) is 29.6. The zero-order valence-corrected chi connectivity index (χ0v) is 29.6. The average molecular weight is 702 g/mol. The Hall–Kier alpha value is -7.43. The van der Waals surface area contributed by atoms with Crippen LogP contribution in [0, 0.1) is 0 Å². The minimum Gasteiger partial charge on any atom is -0.456 e. The number of hydrogen-bond acceptors (Lipinski definition) is 4. The molecule has 2 heterocycles.